The number of hydrogen-bond acceptors (Lipinski definition) is 3. The van der Waals surface area contributed by atoms with Gasteiger partial charge in [0.05, 0.1) is 11.3 Å². The maximum atomic E-state index is 12.2. The van der Waals surface area contributed by atoms with Crippen molar-refractivity contribution in [1.82, 2.24) is 9.88 Å². The predicted molar refractivity (Wildman–Crippen MR) is 84.3 cm³/mol. The molecule has 1 N–H and O–H groups in total. The van der Waals surface area contributed by atoms with Gasteiger partial charge in [0.25, 0.3) is 11.8 Å². The van der Waals surface area contributed by atoms with Gasteiger partial charge in [0.15, 0.2) is 0 Å². The molecule has 0 fully saturated rings. The van der Waals surface area contributed by atoms with Gasteiger partial charge < -0.3 is 10.2 Å². The molecule has 0 aliphatic heterocycles. The summed E-state index contributed by atoms with van der Waals surface area (Å²) in [6, 6.07) is 10.2. The van der Waals surface area contributed by atoms with Gasteiger partial charge in [0.2, 0.25) is 0 Å². The Labute approximate surface area is 131 Å². The second kappa shape index (κ2) is 6.49. The Bertz CT molecular complexity index is 669. The quantitative estimate of drug-likeness (QED) is 0.928. The highest BCUT2D eigenvalue weighted by Gasteiger charge is 2.15. The number of halogens is 1. The summed E-state index contributed by atoms with van der Waals surface area (Å²) in [6.07, 6.45) is 1.55. The molecule has 2 aromatic rings. The molecule has 0 bridgehead atoms. The molecule has 5 nitrogen and oxygen atoms in total. The van der Waals surface area contributed by atoms with Crippen molar-refractivity contribution in [2.75, 3.05) is 19.4 Å². The Morgan fingerprint density at radius 2 is 1.86 bits per heavy atom. The van der Waals surface area contributed by atoms with Crippen LogP contribution in [0.1, 0.15) is 20.8 Å². The molecule has 0 unspecified atom stereocenters. The smallest absolute Gasteiger partial charge is 0.274 e. The number of nitrogens with zero attached hydrogens (tertiary/aromatic N) is 2. The van der Waals surface area contributed by atoms with Crippen molar-refractivity contribution in [2.45, 2.75) is 0 Å². The number of aromatic nitrogens is 1. The van der Waals surface area contributed by atoms with E-state index in [1.165, 1.54) is 4.90 Å². The van der Waals surface area contributed by atoms with Crippen LogP contribution in [0, 0.1) is 0 Å². The third-order valence-electron chi connectivity index (χ3n) is 2.77. The topological polar surface area (TPSA) is 62.3 Å². The summed E-state index contributed by atoms with van der Waals surface area (Å²) < 4.78 is 0.794. The van der Waals surface area contributed by atoms with Gasteiger partial charge in [-0.3, -0.25) is 9.59 Å². The molecule has 1 aromatic heterocycles. The van der Waals surface area contributed by atoms with Crippen LogP contribution < -0.4 is 5.32 Å². The molecule has 0 aliphatic rings. The van der Waals surface area contributed by atoms with Gasteiger partial charge in [-0.1, -0.05) is 12.1 Å². The largest absolute Gasteiger partial charge is 0.345 e. The van der Waals surface area contributed by atoms with Crippen molar-refractivity contribution < 1.29 is 9.59 Å². The average Bonchev–Trinajstić information content (AvgIpc) is 2.47. The van der Waals surface area contributed by atoms with Crippen LogP contribution in [0.25, 0.3) is 0 Å². The van der Waals surface area contributed by atoms with Crippen molar-refractivity contribution in [3.8, 4) is 0 Å². The molecular formula is C15H14BrN3O2. The van der Waals surface area contributed by atoms with Crippen LogP contribution in [-0.4, -0.2) is 35.8 Å². The molecular weight excluding hydrogens is 334 g/mol. The van der Waals surface area contributed by atoms with Crippen molar-refractivity contribution in [1.29, 1.82) is 0 Å². The third-order valence-corrected chi connectivity index (χ3v) is 3.24. The van der Waals surface area contributed by atoms with Crippen LogP contribution in [0.4, 0.5) is 5.69 Å². The lowest BCUT2D eigenvalue weighted by atomic mass is 10.1. The molecule has 1 heterocycles. The Hall–Kier alpha value is -2.21. The van der Waals surface area contributed by atoms with E-state index in [-0.39, 0.29) is 17.5 Å². The van der Waals surface area contributed by atoms with Gasteiger partial charge in [-0.25, -0.2) is 4.98 Å². The summed E-state index contributed by atoms with van der Waals surface area (Å²) in [7, 11) is 3.33. The van der Waals surface area contributed by atoms with Gasteiger partial charge in [-0.15, -0.1) is 0 Å². The summed E-state index contributed by atoms with van der Waals surface area (Å²) >= 11 is 3.26. The van der Waals surface area contributed by atoms with Crippen LogP contribution in [0.15, 0.2) is 47.1 Å². The number of benzene rings is 1. The van der Waals surface area contributed by atoms with Crippen LogP contribution in [0.2, 0.25) is 0 Å². The molecule has 0 spiro atoms. The van der Waals surface area contributed by atoms with E-state index in [2.05, 4.69) is 26.2 Å². The molecule has 0 saturated carbocycles. The van der Waals surface area contributed by atoms with Crippen molar-refractivity contribution in [3.63, 3.8) is 0 Å². The number of para-hydroxylation sites is 1. The first-order valence-electron chi connectivity index (χ1n) is 6.22. The first-order chi connectivity index (χ1) is 9.99. The Kier molecular flexibility index (Phi) is 4.70. The maximum Gasteiger partial charge on any atom is 0.274 e. The highest BCUT2D eigenvalue weighted by molar-refractivity contribution is 9.10. The summed E-state index contributed by atoms with van der Waals surface area (Å²) in [5.74, 6) is -0.531. The minimum absolute atomic E-state index is 0.172. The highest BCUT2D eigenvalue weighted by atomic mass is 79.9. The Morgan fingerprint density at radius 3 is 2.48 bits per heavy atom. The second-order valence-electron chi connectivity index (χ2n) is 4.56. The fourth-order valence-electron chi connectivity index (χ4n) is 1.72. The minimum atomic E-state index is -0.360. The van der Waals surface area contributed by atoms with Crippen LogP contribution in [0.5, 0.6) is 0 Å². The number of rotatable bonds is 3. The summed E-state index contributed by atoms with van der Waals surface area (Å²) in [5.41, 5.74) is 1.18. The third kappa shape index (κ3) is 3.66. The van der Waals surface area contributed by atoms with E-state index >= 15 is 0 Å². The molecule has 2 amide bonds. The number of nitrogens with one attached hydrogen (secondary N) is 1. The van der Waals surface area contributed by atoms with Gasteiger partial charge in [-0.2, -0.15) is 0 Å². The van der Waals surface area contributed by atoms with E-state index in [1.807, 2.05) is 0 Å². The number of anilines is 1. The van der Waals surface area contributed by atoms with Crippen LogP contribution in [-0.2, 0) is 0 Å². The lowest BCUT2D eigenvalue weighted by Gasteiger charge is -2.14. The number of pyridine rings is 1. The molecule has 1 aromatic carbocycles. The van der Waals surface area contributed by atoms with Crippen LogP contribution >= 0.6 is 15.9 Å². The fraction of sp³-hybridized carbons (Fsp3) is 0.133. The van der Waals surface area contributed by atoms with Gasteiger partial charge >= 0.3 is 0 Å². The lowest BCUT2D eigenvalue weighted by Crippen LogP contribution is -2.24. The first-order valence-corrected chi connectivity index (χ1v) is 7.02. The number of amides is 2. The number of hydrogen-bond donors (Lipinski definition) is 1. The van der Waals surface area contributed by atoms with Gasteiger partial charge in [0, 0.05) is 24.8 Å². The van der Waals surface area contributed by atoms with E-state index in [0.29, 0.717) is 11.3 Å². The number of carbonyl (C=O) groups is 2. The minimum Gasteiger partial charge on any atom is -0.345 e. The molecule has 2 rings (SSSR count). The standard InChI is InChI=1S/C15H14BrN3O2/c1-19(2)15(21)11-5-3-4-6-12(11)18-14(20)13-8-7-10(16)9-17-13/h3-9H,1-2H3,(H,18,20). The molecule has 21 heavy (non-hydrogen) atoms. The predicted octanol–water partition coefficient (Wildman–Crippen LogP) is 2.80. The monoisotopic (exact) mass is 347 g/mol. The summed E-state index contributed by atoms with van der Waals surface area (Å²) in [6.45, 7) is 0. The number of carbonyl (C=O) groups excluding carboxylic acids is 2. The second-order valence-corrected chi connectivity index (χ2v) is 5.48. The zero-order chi connectivity index (χ0) is 15.4. The van der Waals surface area contributed by atoms with Crippen molar-refractivity contribution in [2.24, 2.45) is 0 Å². The Morgan fingerprint density at radius 1 is 1.14 bits per heavy atom. The van der Waals surface area contributed by atoms with E-state index in [1.54, 1.807) is 56.7 Å². The zero-order valence-electron chi connectivity index (χ0n) is 11.6. The van der Waals surface area contributed by atoms with E-state index in [9.17, 15) is 9.59 Å². The average molecular weight is 348 g/mol. The summed E-state index contributed by atoms with van der Waals surface area (Å²) in [5, 5.41) is 2.72. The summed E-state index contributed by atoms with van der Waals surface area (Å²) in [4.78, 5) is 29.7. The molecule has 0 radical (unpaired) electrons. The van der Waals surface area contributed by atoms with Gasteiger partial charge in [0.1, 0.15) is 5.69 Å². The SMILES string of the molecule is CN(C)C(=O)c1ccccc1NC(=O)c1ccc(Br)cn1. The normalized spacial score (nSPS) is 10.0. The van der Waals surface area contributed by atoms with Gasteiger partial charge in [-0.05, 0) is 40.2 Å². The molecule has 0 atom stereocenters. The van der Waals surface area contributed by atoms with E-state index in [0.717, 1.165) is 4.47 Å². The van der Waals surface area contributed by atoms with Crippen molar-refractivity contribution >= 4 is 33.4 Å². The lowest BCUT2D eigenvalue weighted by molar-refractivity contribution is 0.0828. The van der Waals surface area contributed by atoms with Crippen molar-refractivity contribution in [3.05, 3.63) is 58.3 Å². The highest BCUT2D eigenvalue weighted by Crippen LogP contribution is 2.17. The molecule has 6 heteroatoms. The zero-order valence-corrected chi connectivity index (χ0v) is 13.2. The maximum absolute atomic E-state index is 12.2. The van der Waals surface area contributed by atoms with E-state index < -0.39 is 0 Å². The molecule has 0 aliphatic carbocycles. The fourth-order valence-corrected chi connectivity index (χ4v) is 1.95. The van der Waals surface area contributed by atoms with Crippen LogP contribution in [0.3, 0.4) is 0 Å². The molecule has 108 valence electrons. The van der Waals surface area contributed by atoms with E-state index in [4.69, 9.17) is 0 Å². The first kappa shape index (κ1) is 15.2. The molecule has 0 saturated heterocycles. The Balaban J connectivity index is 2.25.